The van der Waals surface area contributed by atoms with Crippen LogP contribution in [0, 0.1) is 0 Å². The molecular formula is C22H22N2O8. The number of nitrogens with one attached hydrogen (secondary N) is 2. The average Bonchev–Trinajstić information content (AvgIpc) is 3.24. The number of carboxylic acids is 2. The van der Waals surface area contributed by atoms with E-state index in [1.54, 1.807) is 48.5 Å². The van der Waals surface area contributed by atoms with Crippen molar-refractivity contribution in [2.75, 3.05) is 6.79 Å². The van der Waals surface area contributed by atoms with Gasteiger partial charge in [-0.05, 0) is 36.2 Å². The van der Waals surface area contributed by atoms with Crippen LogP contribution in [0.5, 0.6) is 11.5 Å². The molecule has 168 valence electrons. The largest absolute Gasteiger partial charge is 0.481 e. The molecular weight excluding hydrogens is 420 g/mol. The Morgan fingerprint density at radius 2 is 1.62 bits per heavy atom. The third-order valence-corrected chi connectivity index (χ3v) is 4.80. The molecule has 0 aromatic heterocycles. The summed E-state index contributed by atoms with van der Waals surface area (Å²) in [4.78, 5) is 47.8. The molecule has 0 saturated carbocycles. The highest BCUT2D eigenvalue weighted by molar-refractivity contribution is 5.98. The van der Waals surface area contributed by atoms with Gasteiger partial charge in [-0.2, -0.15) is 0 Å². The van der Waals surface area contributed by atoms with Gasteiger partial charge in [-0.15, -0.1) is 0 Å². The number of amides is 2. The van der Waals surface area contributed by atoms with Crippen LogP contribution in [0.15, 0.2) is 48.5 Å². The summed E-state index contributed by atoms with van der Waals surface area (Å²) in [5.74, 6) is -2.74. The fourth-order valence-electron chi connectivity index (χ4n) is 3.14. The van der Waals surface area contributed by atoms with Gasteiger partial charge in [0.2, 0.25) is 12.7 Å². The summed E-state index contributed by atoms with van der Waals surface area (Å²) in [6.07, 6.45) is -0.674. The molecule has 0 saturated heterocycles. The lowest BCUT2D eigenvalue weighted by Gasteiger charge is -2.21. The molecule has 10 heteroatoms. The number of aliphatic carboxylic acids is 2. The van der Waals surface area contributed by atoms with E-state index in [2.05, 4.69) is 10.6 Å². The topological polar surface area (TPSA) is 151 Å². The van der Waals surface area contributed by atoms with E-state index in [0.29, 0.717) is 22.6 Å². The molecule has 3 rings (SSSR count). The van der Waals surface area contributed by atoms with Crippen molar-refractivity contribution in [3.05, 3.63) is 59.7 Å². The van der Waals surface area contributed by atoms with Crippen LogP contribution < -0.4 is 20.1 Å². The van der Waals surface area contributed by atoms with Gasteiger partial charge in [0.1, 0.15) is 12.1 Å². The van der Waals surface area contributed by atoms with Crippen LogP contribution in [0.25, 0.3) is 0 Å². The van der Waals surface area contributed by atoms with E-state index >= 15 is 0 Å². The fourth-order valence-corrected chi connectivity index (χ4v) is 3.14. The van der Waals surface area contributed by atoms with Gasteiger partial charge in [0, 0.05) is 18.4 Å². The van der Waals surface area contributed by atoms with Crippen molar-refractivity contribution in [2.45, 2.75) is 31.3 Å². The Balaban J connectivity index is 1.78. The van der Waals surface area contributed by atoms with Crippen molar-refractivity contribution in [3.63, 3.8) is 0 Å². The summed E-state index contributed by atoms with van der Waals surface area (Å²) in [6.45, 7) is 0.0807. The summed E-state index contributed by atoms with van der Waals surface area (Å²) in [5.41, 5.74) is 0.983. The smallest absolute Gasteiger partial charge is 0.326 e. The number of ether oxygens (including phenoxy) is 2. The van der Waals surface area contributed by atoms with Crippen LogP contribution in [-0.2, 0) is 20.8 Å². The maximum atomic E-state index is 12.9. The van der Waals surface area contributed by atoms with Gasteiger partial charge >= 0.3 is 11.9 Å². The molecule has 0 radical (unpaired) electrons. The Labute approximate surface area is 183 Å². The van der Waals surface area contributed by atoms with Crippen molar-refractivity contribution >= 4 is 23.8 Å². The lowest BCUT2D eigenvalue weighted by molar-refractivity contribution is -0.143. The van der Waals surface area contributed by atoms with Gasteiger partial charge in [0.15, 0.2) is 11.5 Å². The van der Waals surface area contributed by atoms with Crippen molar-refractivity contribution in [2.24, 2.45) is 0 Å². The lowest BCUT2D eigenvalue weighted by Crippen LogP contribution is -2.52. The second-order valence-corrected chi connectivity index (χ2v) is 7.12. The quantitative estimate of drug-likeness (QED) is 0.428. The first-order chi connectivity index (χ1) is 15.3. The highest BCUT2D eigenvalue weighted by atomic mass is 16.7. The van der Waals surface area contributed by atoms with E-state index in [0.717, 1.165) is 0 Å². The molecule has 1 heterocycles. The van der Waals surface area contributed by atoms with Gasteiger partial charge in [0.25, 0.3) is 5.91 Å². The second-order valence-electron chi connectivity index (χ2n) is 7.12. The molecule has 0 fully saturated rings. The summed E-state index contributed by atoms with van der Waals surface area (Å²) in [7, 11) is 0. The van der Waals surface area contributed by atoms with Crippen LogP contribution in [0.3, 0.4) is 0 Å². The Bertz CT molecular complexity index is 1010. The van der Waals surface area contributed by atoms with E-state index in [4.69, 9.17) is 14.6 Å². The number of carboxylic acid groups (broad SMARTS) is 2. The van der Waals surface area contributed by atoms with Crippen LogP contribution >= 0.6 is 0 Å². The number of rotatable bonds is 10. The monoisotopic (exact) mass is 442 g/mol. The molecule has 2 aromatic carbocycles. The number of hydrogen-bond donors (Lipinski definition) is 4. The highest BCUT2D eigenvalue weighted by Crippen LogP contribution is 2.32. The summed E-state index contributed by atoms with van der Waals surface area (Å²) in [6, 6.07) is 10.8. The zero-order chi connectivity index (χ0) is 23.1. The van der Waals surface area contributed by atoms with E-state index < -0.39 is 42.3 Å². The Morgan fingerprint density at radius 3 is 2.31 bits per heavy atom. The standard InChI is InChI=1S/C22H22N2O8/c25-19(26)9-7-15(22(29)30)23-21(28)16(24-20(27)14-4-2-1-3-5-14)10-13-6-8-17-18(11-13)32-12-31-17/h1-6,8,11,15-16H,7,9-10,12H2,(H,23,28)(H,24,27)(H,25,26)(H,29,30)/t15-,16+/m1/s1. The minimum Gasteiger partial charge on any atom is -0.481 e. The third kappa shape index (κ3) is 5.97. The number of benzene rings is 2. The normalized spacial score (nSPS) is 13.6. The minimum atomic E-state index is -1.41. The molecule has 2 aromatic rings. The van der Waals surface area contributed by atoms with Gasteiger partial charge in [-0.25, -0.2) is 4.79 Å². The fraction of sp³-hybridized carbons (Fsp3) is 0.273. The van der Waals surface area contributed by atoms with E-state index in [9.17, 15) is 24.3 Å². The molecule has 0 spiro atoms. The third-order valence-electron chi connectivity index (χ3n) is 4.80. The minimum absolute atomic E-state index is 0.0479. The molecule has 1 aliphatic heterocycles. The van der Waals surface area contributed by atoms with E-state index in [1.807, 2.05) is 0 Å². The SMILES string of the molecule is O=C(O)CC[C@@H](NC(=O)[C@H](Cc1ccc2c(c1)OCO2)NC(=O)c1ccccc1)C(=O)O. The molecule has 0 aliphatic carbocycles. The Morgan fingerprint density at radius 1 is 0.906 bits per heavy atom. The van der Waals surface area contributed by atoms with E-state index in [-0.39, 0.29) is 19.6 Å². The summed E-state index contributed by atoms with van der Waals surface area (Å²) >= 11 is 0. The summed E-state index contributed by atoms with van der Waals surface area (Å²) < 4.78 is 10.6. The number of carbonyl (C=O) groups excluding carboxylic acids is 2. The number of hydrogen-bond acceptors (Lipinski definition) is 6. The molecule has 2 atom stereocenters. The van der Waals surface area contributed by atoms with Crippen molar-refractivity contribution in [1.82, 2.24) is 10.6 Å². The molecule has 1 aliphatic rings. The molecule has 2 amide bonds. The first-order valence-electron chi connectivity index (χ1n) is 9.83. The zero-order valence-electron chi connectivity index (χ0n) is 16.9. The number of carbonyl (C=O) groups is 4. The Kier molecular flexibility index (Phi) is 7.27. The first-order valence-corrected chi connectivity index (χ1v) is 9.83. The molecule has 32 heavy (non-hydrogen) atoms. The predicted octanol–water partition coefficient (Wildman–Crippen LogP) is 1.19. The average molecular weight is 442 g/mol. The molecule has 0 unspecified atom stereocenters. The number of fused-ring (bicyclic) bond motifs is 1. The van der Waals surface area contributed by atoms with Crippen LogP contribution in [0.4, 0.5) is 0 Å². The van der Waals surface area contributed by atoms with Crippen LogP contribution in [-0.4, -0.2) is 52.8 Å². The predicted molar refractivity (Wildman–Crippen MR) is 110 cm³/mol. The first kappa shape index (κ1) is 22.6. The van der Waals surface area contributed by atoms with Crippen molar-refractivity contribution in [3.8, 4) is 11.5 Å². The Hall–Kier alpha value is -4.08. The maximum Gasteiger partial charge on any atom is 0.326 e. The van der Waals surface area contributed by atoms with Gasteiger partial charge in [0.05, 0.1) is 0 Å². The lowest BCUT2D eigenvalue weighted by atomic mass is 10.0. The molecule has 4 N–H and O–H groups in total. The zero-order valence-corrected chi connectivity index (χ0v) is 16.9. The van der Waals surface area contributed by atoms with Gasteiger partial charge in [-0.3, -0.25) is 14.4 Å². The van der Waals surface area contributed by atoms with Crippen molar-refractivity contribution < 1.29 is 38.9 Å². The molecule has 10 nitrogen and oxygen atoms in total. The maximum absolute atomic E-state index is 12.9. The second kappa shape index (κ2) is 10.3. The van der Waals surface area contributed by atoms with Crippen LogP contribution in [0.2, 0.25) is 0 Å². The summed E-state index contributed by atoms with van der Waals surface area (Å²) in [5, 5.41) is 23.1. The van der Waals surface area contributed by atoms with E-state index in [1.165, 1.54) is 0 Å². The van der Waals surface area contributed by atoms with Gasteiger partial charge < -0.3 is 30.3 Å². The van der Waals surface area contributed by atoms with Crippen LogP contribution in [0.1, 0.15) is 28.8 Å². The van der Waals surface area contributed by atoms with Gasteiger partial charge in [-0.1, -0.05) is 24.3 Å². The van der Waals surface area contributed by atoms with Crippen molar-refractivity contribution in [1.29, 1.82) is 0 Å². The molecule has 0 bridgehead atoms. The highest BCUT2D eigenvalue weighted by Gasteiger charge is 2.28.